The number of hydrogen-bond donors (Lipinski definition) is 2. The van der Waals surface area contributed by atoms with Crippen molar-refractivity contribution in [3.63, 3.8) is 0 Å². The van der Waals surface area contributed by atoms with Gasteiger partial charge in [0.15, 0.2) is 0 Å². The largest absolute Gasteiger partial charge is 0.324 e. The molecule has 1 saturated heterocycles. The second-order valence-corrected chi connectivity index (χ2v) is 7.28. The lowest BCUT2D eigenvalue weighted by molar-refractivity contribution is -0.121. The molecule has 4 nitrogen and oxygen atoms in total. The van der Waals surface area contributed by atoms with Crippen molar-refractivity contribution in [2.24, 2.45) is 5.92 Å². The van der Waals surface area contributed by atoms with E-state index in [2.05, 4.69) is 35.4 Å². The minimum atomic E-state index is -0.0736. The van der Waals surface area contributed by atoms with Crippen LogP contribution in [0.25, 0.3) is 0 Å². The zero-order chi connectivity index (χ0) is 17.5. The van der Waals surface area contributed by atoms with Crippen LogP contribution in [0, 0.1) is 5.92 Å². The van der Waals surface area contributed by atoms with E-state index in [0.29, 0.717) is 5.92 Å². The molecule has 1 atom stereocenters. The Morgan fingerprint density at radius 1 is 1.21 bits per heavy atom. The van der Waals surface area contributed by atoms with Crippen molar-refractivity contribution >= 4 is 11.6 Å². The first-order chi connectivity index (χ1) is 11.5. The molecule has 0 bridgehead atoms. The lowest BCUT2D eigenvalue weighted by Gasteiger charge is -2.35. The van der Waals surface area contributed by atoms with Crippen molar-refractivity contribution in [1.82, 2.24) is 10.2 Å². The molecule has 4 heteroatoms. The maximum Gasteiger partial charge on any atom is 0.241 e. The minimum absolute atomic E-state index is 0.0736. The molecule has 1 aromatic carbocycles. The van der Waals surface area contributed by atoms with E-state index in [1.54, 1.807) is 0 Å². The number of anilines is 1. The Morgan fingerprint density at radius 2 is 1.88 bits per heavy atom. The van der Waals surface area contributed by atoms with Crippen molar-refractivity contribution in [3.05, 3.63) is 29.8 Å². The predicted molar refractivity (Wildman–Crippen MR) is 101 cm³/mol. The van der Waals surface area contributed by atoms with Crippen LogP contribution in [0.2, 0.25) is 0 Å². The highest BCUT2D eigenvalue weighted by Crippen LogP contribution is 2.25. The fourth-order valence-electron chi connectivity index (χ4n) is 3.49. The van der Waals surface area contributed by atoms with Crippen molar-refractivity contribution in [1.29, 1.82) is 0 Å². The van der Waals surface area contributed by atoms with Gasteiger partial charge >= 0.3 is 0 Å². The van der Waals surface area contributed by atoms with Crippen LogP contribution in [-0.4, -0.2) is 43.5 Å². The molecule has 2 rings (SSSR count). The lowest BCUT2D eigenvalue weighted by Crippen LogP contribution is -2.46. The smallest absolute Gasteiger partial charge is 0.241 e. The third-order valence-corrected chi connectivity index (χ3v) is 5.22. The molecule has 1 aromatic rings. The van der Waals surface area contributed by atoms with Gasteiger partial charge in [-0.3, -0.25) is 9.69 Å². The number of carbonyl (C=O) groups excluding carboxylic acids is 1. The Kier molecular flexibility index (Phi) is 7.25. The quantitative estimate of drug-likeness (QED) is 0.804. The Morgan fingerprint density at radius 3 is 2.50 bits per heavy atom. The average molecular weight is 332 g/mol. The number of para-hydroxylation sites is 1. The summed E-state index contributed by atoms with van der Waals surface area (Å²) in [5.41, 5.74) is 2.15. The van der Waals surface area contributed by atoms with Crippen LogP contribution in [0.3, 0.4) is 0 Å². The maximum absolute atomic E-state index is 12.7. The summed E-state index contributed by atoms with van der Waals surface area (Å²) in [6, 6.07) is 8.04. The maximum atomic E-state index is 12.7. The Balaban J connectivity index is 1.89. The number of nitrogens with zero attached hydrogens (tertiary/aromatic N) is 1. The number of rotatable bonds is 7. The molecule has 2 N–H and O–H groups in total. The molecule has 0 spiro atoms. The van der Waals surface area contributed by atoms with E-state index in [4.69, 9.17) is 0 Å². The van der Waals surface area contributed by atoms with Gasteiger partial charge in [0.25, 0.3) is 0 Å². The molecule has 0 saturated carbocycles. The van der Waals surface area contributed by atoms with Crippen molar-refractivity contribution in [3.8, 4) is 0 Å². The van der Waals surface area contributed by atoms with E-state index in [1.165, 1.54) is 24.8 Å². The standard InChI is InChI=1S/C20H33N3O/c1-15(2)18-7-5-6-8-19(18)22-20(24)16(3)23-13-10-17(11-14-23)9-12-21-4/h5-8,15-17,21H,9-14H2,1-4H3,(H,22,24). The molecule has 1 aliphatic rings. The predicted octanol–water partition coefficient (Wildman–Crippen LogP) is 3.46. The third kappa shape index (κ3) is 5.05. The number of hydrogen-bond acceptors (Lipinski definition) is 3. The van der Waals surface area contributed by atoms with E-state index < -0.39 is 0 Å². The van der Waals surface area contributed by atoms with Crippen molar-refractivity contribution in [2.45, 2.75) is 52.0 Å². The van der Waals surface area contributed by atoms with Crippen LogP contribution >= 0.6 is 0 Å². The Labute approximate surface area is 147 Å². The van der Waals surface area contributed by atoms with E-state index in [1.807, 2.05) is 32.2 Å². The number of amides is 1. The summed E-state index contributed by atoms with van der Waals surface area (Å²) in [5.74, 6) is 1.31. The van der Waals surface area contributed by atoms with Gasteiger partial charge in [0, 0.05) is 5.69 Å². The minimum Gasteiger partial charge on any atom is -0.324 e. The number of carbonyl (C=O) groups is 1. The van der Waals surface area contributed by atoms with Crippen LogP contribution in [0.4, 0.5) is 5.69 Å². The van der Waals surface area contributed by atoms with Crippen LogP contribution in [-0.2, 0) is 4.79 Å². The molecule has 134 valence electrons. The summed E-state index contributed by atoms with van der Waals surface area (Å²) < 4.78 is 0. The topological polar surface area (TPSA) is 44.4 Å². The molecule has 1 heterocycles. The first kappa shape index (κ1) is 18.9. The van der Waals surface area contributed by atoms with E-state index in [-0.39, 0.29) is 11.9 Å². The molecule has 24 heavy (non-hydrogen) atoms. The molecule has 1 amide bonds. The number of benzene rings is 1. The SMILES string of the molecule is CNCCC1CCN(C(C)C(=O)Nc2ccccc2C(C)C)CC1. The second-order valence-electron chi connectivity index (χ2n) is 7.28. The number of piperidine rings is 1. The average Bonchev–Trinajstić information content (AvgIpc) is 2.60. The highest BCUT2D eigenvalue weighted by molar-refractivity contribution is 5.95. The molecule has 0 aliphatic carbocycles. The highest BCUT2D eigenvalue weighted by atomic mass is 16.2. The van der Waals surface area contributed by atoms with Gasteiger partial charge in [-0.2, -0.15) is 0 Å². The summed E-state index contributed by atoms with van der Waals surface area (Å²) in [6.07, 6.45) is 3.64. The zero-order valence-corrected chi connectivity index (χ0v) is 15.6. The molecular weight excluding hydrogens is 298 g/mol. The molecule has 0 radical (unpaired) electrons. The van der Waals surface area contributed by atoms with Crippen LogP contribution in [0.5, 0.6) is 0 Å². The molecule has 1 fully saturated rings. The van der Waals surface area contributed by atoms with Gasteiger partial charge in [0.2, 0.25) is 5.91 Å². The first-order valence-electron chi connectivity index (χ1n) is 9.31. The van der Waals surface area contributed by atoms with E-state index >= 15 is 0 Å². The van der Waals surface area contributed by atoms with E-state index in [9.17, 15) is 4.79 Å². The highest BCUT2D eigenvalue weighted by Gasteiger charge is 2.26. The van der Waals surface area contributed by atoms with Crippen LogP contribution in [0.1, 0.15) is 51.5 Å². The fraction of sp³-hybridized carbons (Fsp3) is 0.650. The van der Waals surface area contributed by atoms with Gasteiger partial charge < -0.3 is 10.6 Å². The van der Waals surface area contributed by atoms with Gasteiger partial charge in [-0.25, -0.2) is 0 Å². The van der Waals surface area contributed by atoms with E-state index in [0.717, 1.165) is 31.2 Å². The van der Waals surface area contributed by atoms with Gasteiger partial charge in [0.05, 0.1) is 6.04 Å². The Hall–Kier alpha value is -1.39. The molecular formula is C20H33N3O. The van der Waals surface area contributed by atoms with Gasteiger partial charge in [-0.05, 0) is 76.3 Å². The Bertz CT molecular complexity index is 521. The summed E-state index contributed by atoms with van der Waals surface area (Å²) in [5, 5.41) is 6.37. The summed E-state index contributed by atoms with van der Waals surface area (Å²) >= 11 is 0. The number of likely N-dealkylation sites (tertiary alicyclic amines) is 1. The van der Waals surface area contributed by atoms with Gasteiger partial charge in [-0.15, -0.1) is 0 Å². The van der Waals surface area contributed by atoms with Crippen LogP contribution in [0.15, 0.2) is 24.3 Å². The van der Waals surface area contributed by atoms with Crippen LogP contribution < -0.4 is 10.6 Å². The van der Waals surface area contributed by atoms with Gasteiger partial charge in [-0.1, -0.05) is 32.0 Å². The molecule has 0 aromatic heterocycles. The fourth-order valence-corrected chi connectivity index (χ4v) is 3.49. The monoisotopic (exact) mass is 331 g/mol. The summed E-state index contributed by atoms with van der Waals surface area (Å²) in [7, 11) is 2.01. The van der Waals surface area contributed by atoms with Gasteiger partial charge in [0.1, 0.15) is 0 Å². The second kappa shape index (κ2) is 9.19. The number of nitrogens with one attached hydrogen (secondary N) is 2. The third-order valence-electron chi connectivity index (χ3n) is 5.22. The first-order valence-corrected chi connectivity index (χ1v) is 9.31. The van der Waals surface area contributed by atoms with Crippen molar-refractivity contribution < 1.29 is 4.79 Å². The summed E-state index contributed by atoms with van der Waals surface area (Å²) in [4.78, 5) is 15.0. The van der Waals surface area contributed by atoms with Crippen molar-refractivity contribution in [2.75, 3.05) is 32.0 Å². The zero-order valence-electron chi connectivity index (χ0n) is 15.6. The summed E-state index contributed by atoms with van der Waals surface area (Å²) in [6.45, 7) is 9.48. The normalized spacial score (nSPS) is 17.9. The molecule has 1 aliphatic heterocycles. The molecule has 1 unspecified atom stereocenters. The lowest BCUT2D eigenvalue weighted by atomic mass is 9.92.